The molecule has 1 unspecified atom stereocenters. The van der Waals surface area contributed by atoms with Gasteiger partial charge >= 0.3 is 0 Å². The van der Waals surface area contributed by atoms with Gasteiger partial charge in [-0.3, -0.25) is 0 Å². The molecule has 1 aliphatic heterocycles. The van der Waals surface area contributed by atoms with Crippen LogP contribution in [0.4, 0.5) is 0 Å². The van der Waals surface area contributed by atoms with Gasteiger partial charge in [-0.05, 0) is 22.4 Å². The first-order valence-corrected chi connectivity index (χ1v) is 5.32. The van der Waals surface area contributed by atoms with Gasteiger partial charge in [0.1, 0.15) is 10.9 Å². The first-order valence-electron chi connectivity index (χ1n) is 4.52. The molecule has 0 spiro atoms. The summed E-state index contributed by atoms with van der Waals surface area (Å²) in [7, 11) is 0. The molecule has 0 aliphatic carbocycles. The Kier molecular flexibility index (Phi) is 3.31. The average Bonchev–Trinajstić information content (AvgIpc) is 2.67. The normalized spacial score (nSPS) is 21.1. The number of aromatic nitrogens is 2. The second-order valence-corrected chi connectivity index (χ2v) is 4.03. The zero-order valence-corrected chi connectivity index (χ0v) is 9.24. The number of ether oxygens (including phenoxy) is 2. The Bertz CT molecular complexity index is 303. The molecule has 0 radical (unpaired) electrons. The SMILES string of the molecule is Brc1cc(OCC2CCOC2)ncn1. The van der Waals surface area contributed by atoms with Crippen molar-refractivity contribution >= 4 is 15.9 Å². The summed E-state index contributed by atoms with van der Waals surface area (Å²) < 4.78 is 11.5. The summed E-state index contributed by atoms with van der Waals surface area (Å²) in [5.41, 5.74) is 0. The quantitative estimate of drug-likeness (QED) is 0.774. The number of nitrogens with zero attached hydrogens (tertiary/aromatic N) is 2. The Morgan fingerprint density at radius 3 is 3.21 bits per heavy atom. The van der Waals surface area contributed by atoms with Crippen LogP contribution in [0.3, 0.4) is 0 Å². The highest BCUT2D eigenvalue weighted by Crippen LogP contribution is 2.16. The van der Waals surface area contributed by atoms with Crippen LogP contribution in [0.15, 0.2) is 17.0 Å². The Labute approximate surface area is 90.8 Å². The molecule has 5 heteroatoms. The lowest BCUT2D eigenvalue weighted by Crippen LogP contribution is -2.12. The number of rotatable bonds is 3. The molecule has 0 amide bonds. The monoisotopic (exact) mass is 258 g/mol. The highest BCUT2D eigenvalue weighted by molar-refractivity contribution is 9.10. The van der Waals surface area contributed by atoms with Gasteiger partial charge in [-0.25, -0.2) is 9.97 Å². The van der Waals surface area contributed by atoms with Crippen LogP contribution in [0.2, 0.25) is 0 Å². The highest BCUT2D eigenvalue weighted by atomic mass is 79.9. The van der Waals surface area contributed by atoms with E-state index in [2.05, 4.69) is 25.9 Å². The predicted octanol–water partition coefficient (Wildman–Crippen LogP) is 1.65. The van der Waals surface area contributed by atoms with Gasteiger partial charge in [0, 0.05) is 18.6 Å². The van der Waals surface area contributed by atoms with Crippen LogP contribution in [0, 0.1) is 5.92 Å². The Morgan fingerprint density at radius 2 is 2.50 bits per heavy atom. The summed E-state index contributed by atoms with van der Waals surface area (Å²) in [6.45, 7) is 2.32. The van der Waals surface area contributed by atoms with E-state index in [1.54, 1.807) is 6.07 Å². The largest absolute Gasteiger partial charge is 0.477 e. The van der Waals surface area contributed by atoms with E-state index in [1.807, 2.05) is 0 Å². The minimum absolute atomic E-state index is 0.503. The van der Waals surface area contributed by atoms with Crippen molar-refractivity contribution in [3.8, 4) is 5.88 Å². The molecule has 0 aromatic carbocycles. The van der Waals surface area contributed by atoms with E-state index in [-0.39, 0.29) is 0 Å². The fourth-order valence-electron chi connectivity index (χ4n) is 1.31. The standard InChI is InChI=1S/C9H11BrN2O2/c10-8-3-9(12-6-11-8)14-5-7-1-2-13-4-7/h3,6-7H,1-2,4-5H2. The van der Waals surface area contributed by atoms with E-state index in [4.69, 9.17) is 9.47 Å². The maximum absolute atomic E-state index is 5.51. The Balaban J connectivity index is 1.85. The summed E-state index contributed by atoms with van der Waals surface area (Å²) in [4.78, 5) is 7.92. The fraction of sp³-hybridized carbons (Fsp3) is 0.556. The molecule has 76 valence electrons. The maximum Gasteiger partial charge on any atom is 0.217 e. The molecule has 1 aromatic heterocycles. The molecule has 1 fully saturated rings. The average molecular weight is 259 g/mol. The lowest BCUT2D eigenvalue weighted by molar-refractivity contribution is 0.165. The van der Waals surface area contributed by atoms with Crippen molar-refractivity contribution in [3.05, 3.63) is 17.0 Å². The van der Waals surface area contributed by atoms with Crippen LogP contribution < -0.4 is 4.74 Å². The van der Waals surface area contributed by atoms with E-state index in [0.29, 0.717) is 18.4 Å². The topological polar surface area (TPSA) is 44.2 Å². The van der Waals surface area contributed by atoms with Crippen molar-refractivity contribution in [2.75, 3.05) is 19.8 Å². The van der Waals surface area contributed by atoms with Crippen molar-refractivity contribution in [2.45, 2.75) is 6.42 Å². The van der Waals surface area contributed by atoms with Crippen molar-refractivity contribution in [2.24, 2.45) is 5.92 Å². The molecule has 14 heavy (non-hydrogen) atoms. The van der Waals surface area contributed by atoms with Crippen LogP contribution in [0.5, 0.6) is 5.88 Å². The minimum Gasteiger partial charge on any atom is -0.477 e. The van der Waals surface area contributed by atoms with E-state index >= 15 is 0 Å². The minimum atomic E-state index is 0.503. The van der Waals surface area contributed by atoms with Gasteiger partial charge in [0.2, 0.25) is 5.88 Å². The molecule has 2 heterocycles. The molecule has 2 rings (SSSR count). The van der Waals surface area contributed by atoms with Crippen LogP contribution in [-0.2, 0) is 4.74 Å². The molecule has 1 saturated heterocycles. The first-order chi connectivity index (χ1) is 6.84. The molecule has 0 saturated carbocycles. The number of halogens is 1. The molecule has 4 nitrogen and oxygen atoms in total. The zero-order valence-electron chi connectivity index (χ0n) is 7.65. The van der Waals surface area contributed by atoms with Crippen molar-refractivity contribution in [1.82, 2.24) is 9.97 Å². The van der Waals surface area contributed by atoms with Crippen molar-refractivity contribution in [3.63, 3.8) is 0 Å². The Hall–Kier alpha value is -0.680. The number of hydrogen-bond donors (Lipinski definition) is 0. The van der Waals surface area contributed by atoms with Gasteiger partial charge in [-0.1, -0.05) is 0 Å². The summed E-state index contributed by atoms with van der Waals surface area (Å²) in [6.07, 6.45) is 2.55. The Morgan fingerprint density at radius 1 is 1.57 bits per heavy atom. The van der Waals surface area contributed by atoms with Gasteiger partial charge in [0.15, 0.2) is 0 Å². The van der Waals surface area contributed by atoms with Gasteiger partial charge in [-0.15, -0.1) is 0 Å². The summed E-state index contributed by atoms with van der Waals surface area (Å²) >= 11 is 3.26. The van der Waals surface area contributed by atoms with Gasteiger partial charge in [0.05, 0.1) is 13.2 Å². The fourth-order valence-corrected chi connectivity index (χ4v) is 1.60. The molecule has 1 atom stereocenters. The third-order valence-corrected chi connectivity index (χ3v) is 2.53. The van der Waals surface area contributed by atoms with Gasteiger partial charge in [0.25, 0.3) is 0 Å². The molecular formula is C9H11BrN2O2. The number of hydrogen-bond acceptors (Lipinski definition) is 4. The van der Waals surface area contributed by atoms with Crippen molar-refractivity contribution in [1.29, 1.82) is 0 Å². The molecule has 1 aliphatic rings. The second kappa shape index (κ2) is 4.70. The van der Waals surface area contributed by atoms with Crippen LogP contribution in [0.1, 0.15) is 6.42 Å². The molecular weight excluding hydrogens is 248 g/mol. The summed E-state index contributed by atoms with van der Waals surface area (Å²) in [6, 6.07) is 1.76. The second-order valence-electron chi connectivity index (χ2n) is 3.22. The lowest BCUT2D eigenvalue weighted by atomic mass is 10.1. The van der Waals surface area contributed by atoms with E-state index in [0.717, 1.165) is 24.2 Å². The molecule has 0 N–H and O–H groups in total. The van der Waals surface area contributed by atoms with E-state index in [9.17, 15) is 0 Å². The van der Waals surface area contributed by atoms with Crippen LogP contribution in [-0.4, -0.2) is 29.8 Å². The lowest BCUT2D eigenvalue weighted by Gasteiger charge is -2.08. The third-order valence-electron chi connectivity index (χ3n) is 2.10. The van der Waals surface area contributed by atoms with Crippen LogP contribution in [0.25, 0.3) is 0 Å². The van der Waals surface area contributed by atoms with Gasteiger partial charge in [-0.2, -0.15) is 0 Å². The maximum atomic E-state index is 5.51. The third kappa shape index (κ3) is 2.65. The van der Waals surface area contributed by atoms with E-state index in [1.165, 1.54) is 6.33 Å². The predicted molar refractivity (Wildman–Crippen MR) is 54.2 cm³/mol. The zero-order chi connectivity index (χ0) is 9.80. The van der Waals surface area contributed by atoms with Gasteiger partial charge < -0.3 is 9.47 Å². The van der Waals surface area contributed by atoms with Crippen molar-refractivity contribution < 1.29 is 9.47 Å². The van der Waals surface area contributed by atoms with E-state index < -0.39 is 0 Å². The highest BCUT2D eigenvalue weighted by Gasteiger charge is 2.16. The molecule has 0 bridgehead atoms. The summed E-state index contributed by atoms with van der Waals surface area (Å²) in [5.74, 6) is 1.11. The van der Waals surface area contributed by atoms with Crippen LogP contribution >= 0.6 is 15.9 Å². The first kappa shape index (κ1) is 9.86. The molecule has 1 aromatic rings. The smallest absolute Gasteiger partial charge is 0.217 e. The summed E-state index contributed by atoms with van der Waals surface area (Å²) in [5, 5.41) is 0.